The van der Waals surface area contributed by atoms with Crippen LogP contribution in [0.4, 0.5) is 0 Å². The van der Waals surface area contributed by atoms with E-state index in [0.29, 0.717) is 29.5 Å². The van der Waals surface area contributed by atoms with Crippen molar-refractivity contribution < 1.29 is 23.8 Å². The number of fused-ring (bicyclic) bond motifs is 2. The lowest BCUT2D eigenvalue weighted by atomic mass is 9.99. The quantitative estimate of drug-likeness (QED) is 0.721. The first-order valence-corrected chi connectivity index (χ1v) is 10.2. The van der Waals surface area contributed by atoms with E-state index >= 15 is 0 Å². The van der Waals surface area contributed by atoms with Crippen molar-refractivity contribution >= 4 is 23.2 Å². The minimum atomic E-state index is -0.406. The summed E-state index contributed by atoms with van der Waals surface area (Å²) in [5, 5.41) is 0. The topological polar surface area (TPSA) is 65.1 Å². The zero-order chi connectivity index (χ0) is 19.7. The van der Waals surface area contributed by atoms with Crippen molar-refractivity contribution in [2.45, 2.75) is 32.2 Å². The van der Waals surface area contributed by atoms with Crippen LogP contribution >= 0.6 is 11.3 Å². The van der Waals surface area contributed by atoms with Gasteiger partial charge in [-0.25, -0.2) is 4.79 Å². The molecule has 1 aliphatic heterocycles. The van der Waals surface area contributed by atoms with Crippen LogP contribution in [0.5, 0.6) is 11.5 Å². The third-order valence-corrected chi connectivity index (χ3v) is 6.56. The van der Waals surface area contributed by atoms with Gasteiger partial charge in [0, 0.05) is 18.0 Å². The molecule has 1 amide bonds. The number of amides is 1. The molecule has 6 nitrogen and oxygen atoms in total. The Kier molecular flexibility index (Phi) is 5.26. The summed E-state index contributed by atoms with van der Waals surface area (Å²) in [7, 11) is 3.20. The average Bonchev–Trinajstić information content (AvgIpc) is 3.32. The van der Waals surface area contributed by atoms with Crippen molar-refractivity contribution in [1.29, 1.82) is 0 Å². The highest BCUT2D eigenvalue weighted by molar-refractivity contribution is 7.14. The summed E-state index contributed by atoms with van der Waals surface area (Å²) in [5.74, 6) is 0.750. The third kappa shape index (κ3) is 3.58. The molecule has 0 saturated heterocycles. The number of aryl methyl sites for hydroxylation is 2. The molecule has 1 aromatic carbocycles. The minimum Gasteiger partial charge on any atom is -0.493 e. The number of hydrogen-bond acceptors (Lipinski definition) is 6. The molecule has 0 spiro atoms. The summed E-state index contributed by atoms with van der Waals surface area (Å²) in [6, 6.07) is 5.79. The van der Waals surface area contributed by atoms with E-state index < -0.39 is 5.97 Å². The summed E-state index contributed by atoms with van der Waals surface area (Å²) in [4.78, 5) is 28.4. The van der Waals surface area contributed by atoms with Crippen LogP contribution in [-0.2, 0) is 35.3 Å². The second kappa shape index (κ2) is 7.83. The van der Waals surface area contributed by atoms with E-state index in [0.717, 1.165) is 36.8 Å². The third-order valence-electron chi connectivity index (χ3n) is 5.35. The molecule has 2 aromatic rings. The predicted molar refractivity (Wildman–Crippen MR) is 105 cm³/mol. The molecule has 0 radical (unpaired) electrons. The lowest BCUT2D eigenvalue weighted by Crippen LogP contribution is -2.38. The van der Waals surface area contributed by atoms with Gasteiger partial charge < -0.3 is 19.1 Å². The summed E-state index contributed by atoms with van der Waals surface area (Å²) in [6.07, 6.45) is 3.95. The summed E-state index contributed by atoms with van der Waals surface area (Å²) in [5.41, 5.74) is 3.42. The fraction of sp³-hybridized carbons (Fsp3) is 0.429. The monoisotopic (exact) mass is 401 g/mol. The summed E-state index contributed by atoms with van der Waals surface area (Å²) < 4.78 is 16.0. The number of methoxy groups -OCH3 is 2. The molecule has 1 aromatic heterocycles. The first-order chi connectivity index (χ1) is 13.6. The van der Waals surface area contributed by atoms with Gasteiger partial charge in [0.15, 0.2) is 18.1 Å². The second-order valence-corrected chi connectivity index (χ2v) is 8.17. The Balaban J connectivity index is 1.37. The highest BCUT2D eigenvalue weighted by atomic mass is 32.1. The van der Waals surface area contributed by atoms with Gasteiger partial charge >= 0.3 is 5.97 Å². The van der Waals surface area contributed by atoms with Gasteiger partial charge in [0.2, 0.25) is 0 Å². The normalized spacial score (nSPS) is 15.0. The standard InChI is InChI=1S/C21H23NO5S/c1-25-16-8-13-6-7-22(11-15(13)9-17(16)26-2)20(23)12-27-21(24)19-10-14-4-3-5-18(14)28-19/h8-10H,3-7,11-12H2,1-2H3. The molecular formula is C21H23NO5S. The lowest BCUT2D eigenvalue weighted by molar-refractivity contribution is -0.135. The summed E-state index contributed by atoms with van der Waals surface area (Å²) in [6.45, 7) is 0.829. The Bertz CT molecular complexity index is 898. The number of thiophene rings is 1. The van der Waals surface area contributed by atoms with Crippen LogP contribution in [0.1, 0.15) is 37.7 Å². The molecule has 148 valence electrons. The molecular weight excluding hydrogens is 378 g/mol. The van der Waals surface area contributed by atoms with Crippen molar-refractivity contribution in [2.24, 2.45) is 0 Å². The zero-order valence-electron chi connectivity index (χ0n) is 16.1. The van der Waals surface area contributed by atoms with Crippen molar-refractivity contribution in [1.82, 2.24) is 4.90 Å². The van der Waals surface area contributed by atoms with Crippen molar-refractivity contribution in [3.8, 4) is 11.5 Å². The van der Waals surface area contributed by atoms with Crippen LogP contribution in [0, 0.1) is 0 Å². The highest BCUT2D eigenvalue weighted by Gasteiger charge is 2.25. The number of esters is 1. The molecule has 0 bridgehead atoms. The zero-order valence-corrected chi connectivity index (χ0v) is 16.9. The van der Waals surface area contributed by atoms with Gasteiger partial charge in [0.25, 0.3) is 5.91 Å². The Morgan fingerprint density at radius 2 is 1.75 bits per heavy atom. The van der Waals surface area contributed by atoms with Crippen LogP contribution in [-0.4, -0.2) is 44.1 Å². The fourth-order valence-corrected chi connectivity index (χ4v) is 4.96. The molecule has 2 heterocycles. The van der Waals surface area contributed by atoms with E-state index in [1.165, 1.54) is 21.8 Å². The van der Waals surface area contributed by atoms with Crippen molar-refractivity contribution in [3.05, 3.63) is 44.6 Å². The van der Waals surface area contributed by atoms with Gasteiger partial charge in [0.05, 0.1) is 14.2 Å². The smallest absolute Gasteiger partial charge is 0.348 e. The minimum absolute atomic E-state index is 0.183. The van der Waals surface area contributed by atoms with E-state index in [2.05, 4.69) is 0 Å². The number of rotatable bonds is 5. The molecule has 0 N–H and O–H groups in total. The molecule has 0 unspecified atom stereocenters. The number of benzene rings is 1. The van der Waals surface area contributed by atoms with E-state index in [-0.39, 0.29) is 12.5 Å². The molecule has 2 aliphatic rings. The summed E-state index contributed by atoms with van der Waals surface area (Å²) >= 11 is 1.49. The van der Waals surface area contributed by atoms with Gasteiger partial charge in [-0.2, -0.15) is 0 Å². The lowest BCUT2D eigenvalue weighted by Gasteiger charge is -2.29. The molecule has 0 atom stereocenters. The second-order valence-electron chi connectivity index (χ2n) is 7.03. The predicted octanol–water partition coefficient (Wildman–Crippen LogP) is 3.00. The number of hydrogen-bond donors (Lipinski definition) is 0. The number of ether oxygens (including phenoxy) is 3. The maximum atomic E-state index is 12.6. The van der Waals surface area contributed by atoms with E-state index in [1.54, 1.807) is 19.1 Å². The van der Waals surface area contributed by atoms with Crippen molar-refractivity contribution in [2.75, 3.05) is 27.4 Å². The molecule has 1 aliphatic carbocycles. The first kappa shape index (κ1) is 18.8. The average molecular weight is 401 g/mol. The van der Waals surface area contributed by atoms with Gasteiger partial charge in [-0.1, -0.05) is 0 Å². The van der Waals surface area contributed by atoms with E-state index in [9.17, 15) is 9.59 Å². The largest absolute Gasteiger partial charge is 0.493 e. The number of carbonyl (C=O) groups excluding carboxylic acids is 2. The van der Waals surface area contributed by atoms with Gasteiger partial charge in [-0.3, -0.25) is 4.79 Å². The number of carbonyl (C=O) groups is 2. The van der Waals surface area contributed by atoms with Crippen LogP contribution in [0.25, 0.3) is 0 Å². The Morgan fingerprint density at radius 1 is 1.00 bits per heavy atom. The van der Waals surface area contributed by atoms with Crippen LogP contribution in [0.3, 0.4) is 0 Å². The Morgan fingerprint density at radius 3 is 2.46 bits per heavy atom. The fourth-order valence-electron chi connectivity index (χ4n) is 3.82. The van der Waals surface area contributed by atoms with Gasteiger partial charge in [-0.15, -0.1) is 11.3 Å². The SMILES string of the molecule is COc1cc2c(cc1OC)CN(C(=O)COC(=O)c1cc3c(s1)CCC3)CC2. The van der Waals surface area contributed by atoms with E-state index in [1.807, 2.05) is 18.2 Å². The van der Waals surface area contributed by atoms with Crippen molar-refractivity contribution in [3.63, 3.8) is 0 Å². The van der Waals surface area contributed by atoms with Gasteiger partial charge in [0.1, 0.15) is 4.88 Å². The first-order valence-electron chi connectivity index (χ1n) is 9.39. The molecule has 4 rings (SSSR count). The maximum Gasteiger partial charge on any atom is 0.348 e. The van der Waals surface area contributed by atoms with Crippen LogP contribution in [0.2, 0.25) is 0 Å². The molecule has 28 heavy (non-hydrogen) atoms. The molecule has 0 fully saturated rings. The molecule has 0 saturated carbocycles. The number of nitrogens with zero attached hydrogens (tertiary/aromatic N) is 1. The maximum absolute atomic E-state index is 12.6. The van der Waals surface area contributed by atoms with Crippen LogP contribution in [0.15, 0.2) is 18.2 Å². The Labute approximate surface area is 168 Å². The van der Waals surface area contributed by atoms with Gasteiger partial charge in [-0.05, 0) is 60.6 Å². The highest BCUT2D eigenvalue weighted by Crippen LogP contribution is 2.33. The molecule has 7 heteroatoms. The van der Waals surface area contributed by atoms with Crippen LogP contribution < -0.4 is 9.47 Å². The Hall–Kier alpha value is -2.54. The van der Waals surface area contributed by atoms with E-state index in [4.69, 9.17) is 14.2 Å².